The monoisotopic (exact) mass is 382 g/mol. The lowest BCUT2D eigenvalue weighted by Gasteiger charge is -2.19. The zero-order valence-corrected chi connectivity index (χ0v) is 14.9. The maximum absolute atomic E-state index is 11.4. The molecule has 144 valence electrons. The summed E-state index contributed by atoms with van der Waals surface area (Å²) in [5.74, 6) is 2.64. The first-order chi connectivity index (χ1) is 13.3. The summed E-state index contributed by atoms with van der Waals surface area (Å²) in [6.07, 6.45) is 0.343. The van der Waals surface area contributed by atoms with E-state index in [-0.39, 0.29) is 23.1 Å². The number of amides is 1. The van der Waals surface area contributed by atoms with Gasteiger partial charge in [0.15, 0.2) is 0 Å². The summed E-state index contributed by atoms with van der Waals surface area (Å²) >= 11 is 0. The average molecular weight is 382 g/mol. The minimum absolute atomic E-state index is 0.0403. The van der Waals surface area contributed by atoms with E-state index < -0.39 is 23.0 Å². The van der Waals surface area contributed by atoms with Gasteiger partial charge in [-0.2, -0.15) is 10.2 Å². The molecule has 1 unspecified atom stereocenters. The number of carboxylic acid groups (broad SMARTS) is 1. The fourth-order valence-corrected chi connectivity index (χ4v) is 3.08. The van der Waals surface area contributed by atoms with E-state index in [9.17, 15) is 24.9 Å². The third kappa shape index (κ3) is 3.37. The number of carbonyl (C=O) groups excluding carboxylic acids is 1. The molecule has 28 heavy (non-hydrogen) atoms. The lowest BCUT2D eigenvalue weighted by Crippen LogP contribution is -2.31. The molecule has 1 heterocycles. The Morgan fingerprint density at radius 2 is 1.89 bits per heavy atom. The topological polar surface area (TPSA) is 158 Å². The largest absolute Gasteiger partial charge is 0.507 e. The second-order valence-electron chi connectivity index (χ2n) is 6.35. The van der Waals surface area contributed by atoms with Crippen molar-refractivity contribution in [2.24, 2.45) is 22.0 Å². The van der Waals surface area contributed by atoms with Crippen molar-refractivity contribution < 1.29 is 24.9 Å². The second-order valence-corrected chi connectivity index (χ2v) is 6.35. The Hall–Kier alpha value is -3.88. The molecule has 0 aliphatic carbocycles. The zero-order valence-electron chi connectivity index (χ0n) is 14.9. The molecule has 0 aromatic heterocycles. The minimum atomic E-state index is -1.48. The number of hydrogen-bond donors (Lipinski definition) is 5. The van der Waals surface area contributed by atoms with Crippen LogP contribution in [0.15, 0.2) is 46.6 Å². The number of rotatable bonds is 4. The summed E-state index contributed by atoms with van der Waals surface area (Å²) < 4.78 is 0. The molecule has 1 aliphatic heterocycles. The average Bonchev–Trinajstić information content (AvgIpc) is 2.64. The molecule has 2 aromatic rings. The number of nitrogens with two attached hydrogens (primary N) is 1. The molecule has 0 fully saturated rings. The first-order valence-electron chi connectivity index (χ1n) is 8.37. The van der Waals surface area contributed by atoms with Crippen molar-refractivity contribution in [2.75, 3.05) is 0 Å². The summed E-state index contributed by atoms with van der Waals surface area (Å²) in [5, 5.41) is 36.9. The highest BCUT2D eigenvalue weighted by molar-refractivity contribution is 6.16. The number of nitrogens with zero attached hydrogens (tertiary/aromatic N) is 2. The van der Waals surface area contributed by atoms with Gasteiger partial charge in [0.1, 0.15) is 22.8 Å². The standard InChI is InChI=1S/C19H18N4O5/c1-9-8-14(25)22-23-16(9)10-2-4-11(5-3-10)17(21-20)12-6-7-13(24)15(18(12)26)19(27)28/h2-7,9,24,26H,8,20H2,1H3,(H,22,25)(H,27,28)/b21-17-. The van der Waals surface area contributed by atoms with E-state index in [4.69, 9.17) is 5.84 Å². The van der Waals surface area contributed by atoms with Crippen molar-refractivity contribution in [2.45, 2.75) is 13.3 Å². The molecule has 0 saturated heterocycles. The number of hydrazone groups is 2. The molecule has 9 heteroatoms. The van der Waals surface area contributed by atoms with Crippen LogP contribution in [0, 0.1) is 5.92 Å². The van der Waals surface area contributed by atoms with Crippen LogP contribution in [0.3, 0.4) is 0 Å². The molecule has 0 bridgehead atoms. The molecule has 3 rings (SSSR count). The lowest BCUT2D eigenvalue weighted by atomic mass is 9.92. The van der Waals surface area contributed by atoms with Gasteiger partial charge >= 0.3 is 5.97 Å². The molecule has 9 nitrogen and oxygen atoms in total. The summed E-state index contributed by atoms with van der Waals surface area (Å²) in [5.41, 5.74) is 4.11. The van der Waals surface area contributed by atoms with E-state index in [1.165, 1.54) is 6.07 Å². The maximum Gasteiger partial charge on any atom is 0.343 e. The fraction of sp³-hybridized carbons (Fsp3) is 0.158. The van der Waals surface area contributed by atoms with Crippen LogP contribution in [-0.4, -0.2) is 38.6 Å². The van der Waals surface area contributed by atoms with Crippen LogP contribution >= 0.6 is 0 Å². The summed E-state index contributed by atoms with van der Waals surface area (Å²) in [6, 6.07) is 9.41. The molecule has 0 radical (unpaired) electrons. The van der Waals surface area contributed by atoms with Crippen LogP contribution < -0.4 is 11.3 Å². The molecule has 0 saturated carbocycles. The van der Waals surface area contributed by atoms with E-state index in [1.807, 2.05) is 6.92 Å². The maximum atomic E-state index is 11.4. The zero-order chi connectivity index (χ0) is 20.4. The molecule has 1 amide bonds. The molecule has 2 aromatic carbocycles. The highest BCUT2D eigenvalue weighted by atomic mass is 16.4. The quantitative estimate of drug-likeness (QED) is 0.305. The Bertz CT molecular complexity index is 1010. The van der Waals surface area contributed by atoms with E-state index in [0.29, 0.717) is 12.0 Å². The van der Waals surface area contributed by atoms with Gasteiger partial charge in [0.05, 0.1) is 5.71 Å². The van der Waals surface area contributed by atoms with Gasteiger partial charge in [-0.25, -0.2) is 10.2 Å². The van der Waals surface area contributed by atoms with Gasteiger partial charge in [-0.1, -0.05) is 31.2 Å². The minimum Gasteiger partial charge on any atom is -0.507 e. The highest BCUT2D eigenvalue weighted by Crippen LogP contribution is 2.32. The Labute approximate surface area is 159 Å². The smallest absolute Gasteiger partial charge is 0.343 e. The fourth-order valence-electron chi connectivity index (χ4n) is 3.08. The Morgan fingerprint density at radius 3 is 2.46 bits per heavy atom. The predicted octanol–water partition coefficient (Wildman–Crippen LogP) is 1.37. The van der Waals surface area contributed by atoms with Crippen LogP contribution in [0.1, 0.15) is 40.4 Å². The highest BCUT2D eigenvalue weighted by Gasteiger charge is 2.24. The van der Waals surface area contributed by atoms with Crippen LogP contribution in [-0.2, 0) is 4.79 Å². The SMILES string of the molecule is CC1CC(=O)NN=C1c1ccc(/C(=N/N)c2ccc(O)c(C(=O)O)c2O)cc1. The number of hydrogen-bond acceptors (Lipinski definition) is 7. The third-order valence-corrected chi connectivity index (χ3v) is 4.47. The number of aromatic carboxylic acids is 1. The normalized spacial score (nSPS) is 17.0. The van der Waals surface area contributed by atoms with Crippen molar-refractivity contribution in [3.63, 3.8) is 0 Å². The van der Waals surface area contributed by atoms with Crippen LogP contribution in [0.25, 0.3) is 0 Å². The van der Waals surface area contributed by atoms with Crippen molar-refractivity contribution in [3.8, 4) is 11.5 Å². The van der Waals surface area contributed by atoms with Gasteiger partial charge in [0, 0.05) is 23.5 Å². The van der Waals surface area contributed by atoms with Gasteiger partial charge in [-0.3, -0.25) is 4.79 Å². The Balaban J connectivity index is 1.98. The lowest BCUT2D eigenvalue weighted by molar-refractivity contribution is -0.121. The van der Waals surface area contributed by atoms with Gasteiger partial charge in [0.25, 0.3) is 0 Å². The second kappa shape index (κ2) is 7.39. The van der Waals surface area contributed by atoms with Gasteiger partial charge < -0.3 is 21.2 Å². The number of nitrogens with one attached hydrogen (secondary N) is 1. The van der Waals surface area contributed by atoms with E-state index in [0.717, 1.165) is 17.3 Å². The van der Waals surface area contributed by atoms with E-state index in [2.05, 4.69) is 15.6 Å². The third-order valence-electron chi connectivity index (χ3n) is 4.47. The van der Waals surface area contributed by atoms with E-state index >= 15 is 0 Å². The summed E-state index contributed by atoms with van der Waals surface area (Å²) in [4.78, 5) is 22.7. The van der Waals surface area contributed by atoms with Crippen molar-refractivity contribution in [3.05, 3.63) is 58.7 Å². The van der Waals surface area contributed by atoms with Crippen LogP contribution in [0.5, 0.6) is 11.5 Å². The first kappa shape index (κ1) is 18.9. The first-order valence-corrected chi connectivity index (χ1v) is 8.37. The van der Waals surface area contributed by atoms with Gasteiger partial charge in [-0.05, 0) is 17.7 Å². The molecule has 0 spiro atoms. The number of benzene rings is 2. The Morgan fingerprint density at radius 1 is 1.21 bits per heavy atom. The van der Waals surface area contributed by atoms with Crippen molar-refractivity contribution in [1.29, 1.82) is 0 Å². The number of phenols is 2. The summed E-state index contributed by atoms with van der Waals surface area (Å²) in [7, 11) is 0. The van der Waals surface area contributed by atoms with Gasteiger partial charge in [0.2, 0.25) is 5.91 Å². The molecule has 6 N–H and O–H groups in total. The molecule has 1 atom stereocenters. The molecular formula is C19H18N4O5. The van der Waals surface area contributed by atoms with Crippen LogP contribution in [0.4, 0.5) is 0 Å². The van der Waals surface area contributed by atoms with Crippen LogP contribution in [0.2, 0.25) is 0 Å². The number of carbonyl (C=O) groups is 2. The van der Waals surface area contributed by atoms with Crippen molar-refractivity contribution in [1.82, 2.24) is 5.43 Å². The Kier molecular flexibility index (Phi) is 4.99. The summed E-state index contributed by atoms with van der Waals surface area (Å²) in [6.45, 7) is 1.90. The predicted molar refractivity (Wildman–Crippen MR) is 101 cm³/mol. The number of aromatic hydroxyl groups is 2. The molecule has 1 aliphatic rings. The number of carboxylic acids is 1. The van der Waals surface area contributed by atoms with Crippen molar-refractivity contribution >= 4 is 23.3 Å². The molecular weight excluding hydrogens is 364 g/mol. The van der Waals surface area contributed by atoms with E-state index in [1.54, 1.807) is 24.3 Å². The van der Waals surface area contributed by atoms with Gasteiger partial charge in [-0.15, -0.1) is 0 Å².